The maximum Gasteiger partial charge on any atom is 0.236 e. The number of hydrogen-bond acceptors (Lipinski definition) is 5. The van der Waals surface area contributed by atoms with Gasteiger partial charge in [0.15, 0.2) is 0 Å². The van der Waals surface area contributed by atoms with Gasteiger partial charge in [0.1, 0.15) is 5.76 Å². The van der Waals surface area contributed by atoms with E-state index in [9.17, 15) is 4.79 Å². The first-order chi connectivity index (χ1) is 9.95. The molecule has 6 heteroatoms. The fourth-order valence-corrected chi connectivity index (χ4v) is 2.47. The number of likely N-dealkylation sites (tertiary alicyclic amines) is 1. The van der Waals surface area contributed by atoms with Crippen molar-refractivity contribution in [2.24, 2.45) is 0 Å². The van der Waals surface area contributed by atoms with Crippen LogP contribution < -0.4 is 5.32 Å². The molecule has 1 aromatic rings. The van der Waals surface area contributed by atoms with E-state index in [4.69, 9.17) is 4.42 Å². The van der Waals surface area contributed by atoms with Gasteiger partial charge in [0, 0.05) is 33.2 Å². The number of aromatic nitrogens is 1. The highest BCUT2D eigenvalue weighted by atomic mass is 16.4. The summed E-state index contributed by atoms with van der Waals surface area (Å²) in [5.41, 5.74) is 0.962. The van der Waals surface area contributed by atoms with E-state index in [-0.39, 0.29) is 5.91 Å². The fraction of sp³-hybridized carbons (Fsp3) is 0.733. The molecule has 1 N–H and O–H groups in total. The van der Waals surface area contributed by atoms with E-state index in [2.05, 4.69) is 15.2 Å². The van der Waals surface area contributed by atoms with Gasteiger partial charge in [0.2, 0.25) is 11.8 Å². The predicted molar refractivity (Wildman–Crippen MR) is 81.0 cm³/mol. The molecular weight excluding hydrogens is 268 g/mol. The molecule has 1 fully saturated rings. The predicted octanol–water partition coefficient (Wildman–Crippen LogP) is 0.934. The summed E-state index contributed by atoms with van der Waals surface area (Å²) in [5, 5.41) is 3.50. The van der Waals surface area contributed by atoms with Crippen LogP contribution in [-0.2, 0) is 11.3 Å². The molecule has 1 aliphatic heterocycles. The Morgan fingerprint density at radius 1 is 1.38 bits per heavy atom. The monoisotopic (exact) mass is 294 g/mol. The Hall–Kier alpha value is -1.40. The number of rotatable bonds is 5. The zero-order chi connectivity index (χ0) is 15.4. The van der Waals surface area contributed by atoms with Gasteiger partial charge in [-0.1, -0.05) is 0 Å². The molecule has 1 aromatic heterocycles. The highest BCUT2D eigenvalue weighted by Crippen LogP contribution is 2.12. The molecule has 0 bridgehead atoms. The molecule has 1 aliphatic rings. The van der Waals surface area contributed by atoms with Gasteiger partial charge in [0.05, 0.1) is 18.8 Å². The zero-order valence-electron chi connectivity index (χ0n) is 13.5. The van der Waals surface area contributed by atoms with Gasteiger partial charge in [-0.3, -0.25) is 9.69 Å². The Morgan fingerprint density at radius 2 is 2.05 bits per heavy atom. The summed E-state index contributed by atoms with van der Waals surface area (Å²) in [6.07, 6.45) is 2.11. The quantitative estimate of drug-likeness (QED) is 0.875. The van der Waals surface area contributed by atoms with E-state index >= 15 is 0 Å². The number of carbonyl (C=O) groups excluding carboxylic acids is 1. The van der Waals surface area contributed by atoms with Crippen LogP contribution in [0, 0.1) is 13.8 Å². The van der Waals surface area contributed by atoms with Crippen molar-refractivity contribution in [3.63, 3.8) is 0 Å². The SMILES string of the molecule is Cc1nc(CNC2CCN(CC(=O)N(C)C)CC2)oc1C. The summed E-state index contributed by atoms with van der Waals surface area (Å²) in [6.45, 7) is 7.02. The maximum absolute atomic E-state index is 11.7. The van der Waals surface area contributed by atoms with Crippen LogP contribution >= 0.6 is 0 Å². The zero-order valence-corrected chi connectivity index (χ0v) is 13.5. The van der Waals surface area contributed by atoms with Gasteiger partial charge >= 0.3 is 0 Å². The topological polar surface area (TPSA) is 61.6 Å². The summed E-state index contributed by atoms with van der Waals surface area (Å²) in [4.78, 5) is 19.9. The van der Waals surface area contributed by atoms with Gasteiger partial charge in [-0.15, -0.1) is 0 Å². The number of carbonyl (C=O) groups is 1. The summed E-state index contributed by atoms with van der Waals surface area (Å²) in [7, 11) is 3.61. The van der Waals surface area contributed by atoms with Crippen molar-refractivity contribution in [2.45, 2.75) is 39.3 Å². The fourth-order valence-electron chi connectivity index (χ4n) is 2.47. The first-order valence-corrected chi connectivity index (χ1v) is 7.54. The number of hydrogen-bond donors (Lipinski definition) is 1. The number of amides is 1. The van der Waals surface area contributed by atoms with Crippen LogP contribution in [0.15, 0.2) is 4.42 Å². The number of nitrogens with zero attached hydrogens (tertiary/aromatic N) is 3. The summed E-state index contributed by atoms with van der Waals surface area (Å²) in [6, 6.07) is 0.475. The summed E-state index contributed by atoms with van der Waals surface area (Å²) >= 11 is 0. The third kappa shape index (κ3) is 4.54. The van der Waals surface area contributed by atoms with E-state index < -0.39 is 0 Å². The Morgan fingerprint density at radius 3 is 2.57 bits per heavy atom. The Kier molecular flexibility index (Phi) is 5.36. The largest absolute Gasteiger partial charge is 0.444 e. The molecule has 1 amide bonds. The van der Waals surface area contributed by atoms with E-state index in [1.807, 2.05) is 13.8 Å². The van der Waals surface area contributed by atoms with Gasteiger partial charge in [-0.25, -0.2) is 4.98 Å². The van der Waals surface area contributed by atoms with Crippen molar-refractivity contribution in [1.82, 2.24) is 20.1 Å². The lowest BCUT2D eigenvalue weighted by Gasteiger charge is -2.32. The second-order valence-electron chi connectivity index (χ2n) is 5.97. The van der Waals surface area contributed by atoms with Crippen molar-refractivity contribution in [2.75, 3.05) is 33.7 Å². The average Bonchev–Trinajstić information content (AvgIpc) is 2.77. The number of oxazole rings is 1. The van der Waals surface area contributed by atoms with Gasteiger partial charge in [-0.05, 0) is 26.7 Å². The lowest BCUT2D eigenvalue weighted by molar-refractivity contribution is -0.130. The Balaban J connectivity index is 1.70. The van der Waals surface area contributed by atoms with Crippen LogP contribution in [0.1, 0.15) is 30.2 Å². The number of aryl methyl sites for hydroxylation is 2. The van der Waals surface area contributed by atoms with E-state index in [1.54, 1.807) is 19.0 Å². The second-order valence-corrected chi connectivity index (χ2v) is 5.97. The van der Waals surface area contributed by atoms with Gasteiger partial charge in [0.25, 0.3) is 0 Å². The molecule has 0 saturated carbocycles. The molecule has 0 spiro atoms. The van der Waals surface area contributed by atoms with Crippen LogP contribution in [0.5, 0.6) is 0 Å². The maximum atomic E-state index is 11.7. The highest BCUT2D eigenvalue weighted by molar-refractivity contribution is 5.77. The van der Waals surface area contributed by atoms with Crippen LogP contribution in [0.3, 0.4) is 0 Å². The Labute approximate surface area is 126 Å². The summed E-state index contributed by atoms with van der Waals surface area (Å²) < 4.78 is 5.57. The molecule has 1 saturated heterocycles. The van der Waals surface area contributed by atoms with Crippen LogP contribution in [0.4, 0.5) is 0 Å². The molecule has 0 unspecified atom stereocenters. The second kappa shape index (κ2) is 7.04. The molecule has 0 aromatic carbocycles. The Bertz CT molecular complexity index is 457. The van der Waals surface area contributed by atoms with E-state index in [0.29, 0.717) is 19.1 Å². The van der Waals surface area contributed by atoms with E-state index in [1.165, 1.54) is 0 Å². The average molecular weight is 294 g/mol. The molecular formula is C15H26N4O2. The minimum absolute atomic E-state index is 0.173. The number of likely N-dealkylation sites (N-methyl/N-ethyl adjacent to an activating group) is 1. The van der Waals surface area contributed by atoms with Gasteiger partial charge in [-0.2, -0.15) is 0 Å². The highest BCUT2D eigenvalue weighted by Gasteiger charge is 2.21. The third-order valence-electron chi connectivity index (χ3n) is 4.06. The van der Waals surface area contributed by atoms with E-state index in [0.717, 1.165) is 43.3 Å². The van der Waals surface area contributed by atoms with Crippen molar-refractivity contribution in [3.05, 3.63) is 17.3 Å². The first-order valence-electron chi connectivity index (χ1n) is 7.54. The minimum Gasteiger partial charge on any atom is -0.444 e. The van der Waals surface area contributed by atoms with Crippen molar-refractivity contribution < 1.29 is 9.21 Å². The van der Waals surface area contributed by atoms with Crippen LogP contribution in [-0.4, -0.2) is 60.5 Å². The van der Waals surface area contributed by atoms with Crippen molar-refractivity contribution >= 4 is 5.91 Å². The molecule has 6 nitrogen and oxygen atoms in total. The lowest BCUT2D eigenvalue weighted by atomic mass is 10.1. The van der Waals surface area contributed by atoms with Crippen molar-refractivity contribution in [3.8, 4) is 0 Å². The lowest BCUT2D eigenvalue weighted by Crippen LogP contribution is -2.45. The van der Waals surface area contributed by atoms with Gasteiger partial charge < -0.3 is 14.6 Å². The molecule has 118 valence electrons. The first kappa shape index (κ1) is 16.0. The normalized spacial score (nSPS) is 17.1. The minimum atomic E-state index is 0.173. The third-order valence-corrected chi connectivity index (χ3v) is 4.06. The molecule has 2 rings (SSSR count). The van der Waals surface area contributed by atoms with Crippen LogP contribution in [0.25, 0.3) is 0 Å². The standard InChI is InChI=1S/C15H26N4O2/c1-11-12(2)21-14(17-11)9-16-13-5-7-19(8-6-13)10-15(20)18(3)4/h13,16H,5-10H2,1-4H3. The summed E-state index contributed by atoms with van der Waals surface area (Å²) in [5.74, 6) is 1.83. The van der Waals surface area contributed by atoms with Crippen LogP contribution in [0.2, 0.25) is 0 Å². The molecule has 0 atom stereocenters. The number of nitrogens with one attached hydrogen (secondary N) is 1. The molecule has 0 radical (unpaired) electrons. The van der Waals surface area contributed by atoms with Crippen molar-refractivity contribution in [1.29, 1.82) is 0 Å². The molecule has 0 aliphatic carbocycles. The molecule has 2 heterocycles. The number of piperidine rings is 1. The molecule has 21 heavy (non-hydrogen) atoms. The smallest absolute Gasteiger partial charge is 0.236 e.